The quantitative estimate of drug-likeness (QED) is 0.868. The number of amides is 1. The van der Waals surface area contributed by atoms with Crippen LogP contribution in [0.25, 0.3) is 0 Å². The number of carboxylic acid groups (broad SMARTS) is 1. The normalized spacial score (nSPS) is 42.7. The van der Waals surface area contributed by atoms with Gasteiger partial charge >= 0.3 is 5.97 Å². The lowest BCUT2D eigenvalue weighted by Crippen LogP contribution is -2.47. The minimum atomic E-state index is -0.682. The van der Waals surface area contributed by atoms with Crippen molar-refractivity contribution in [2.45, 2.75) is 45.4 Å². The van der Waals surface area contributed by atoms with Crippen LogP contribution in [0.3, 0.4) is 0 Å². The van der Waals surface area contributed by atoms with E-state index in [1.807, 2.05) is 11.8 Å². The summed E-state index contributed by atoms with van der Waals surface area (Å²) in [7, 11) is 0. The standard InChI is InChI=1S/C17H25NO3/c1-2-17(16(20)21)5-7-18(8-6-17)15(19)14-12-10-3-4-11(9-10)13(12)14/h10-14H,2-9H2,1H3,(H,20,21). The third-order valence-corrected chi connectivity index (χ3v) is 7.18. The summed E-state index contributed by atoms with van der Waals surface area (Å²) in [4.78, 5) is 26.2. The van der Waals surface area contributed by atoms with E-state index < -0.39 is 11.4 Å². The molecule has 4 atom stereocenters. The molecule has 4 fully saturated rings. The van der Waals surface area contributed by atoms with Crippen LogP contribution in [0, 0.1) is 35.0 Å². The molecule has 0 spiro atoms. The largest absolute Gasteiger partial charge is 0.481 e. The number of piperidine rings is 1. The third-order valence-electron chi connectivity index (χ3n) is 7.18. The van der Waals surface area contributed by atoms with Crippen molar-refractivity contribution in [3.63, 3.8) is 0 Å². The molecule has 0 aromatic heterocycles. The number of hydrogen-bond acceptors (Lipinski definition) is 2. The first kappa shape index (κ1) is 13.6. The van der Waals surface area contributed by atoms with E-state index in [0.29, 0.717) is 56.0 Å². The van der Waals surface area contributed by atoms with Crippen LogP contribution in [0.5, 0.6) is 0 Å². The summed E-state index contributed by atoms with van der Waals surface area (Å²) in [5.74, 6) is 2.99. The lowest BCUT2D eigenvalue weighted by Gasteiger charge is -2.38. The van der Waals surface area contributed by atoms with E-state index in [2.05, 4.69) is 0 Å². The van der Waals surface area contributed by atoms with Crippen LogP contribution in [0.4, 0.5) is 0 Å². The molecule has 1 heterocycles. The van der Waals surface area contributed by atoms with Gasteiger partial charge in [0.15, 0.2) is 0 Å². The second-order valence-electron chi connectivity index (χ2n) is 7.78. The van der Waals surface area contributed by atoms with Gasteiger partial charge in [-0.05, 0) is 62.2 Å². The zero-order chi connectivity index (χ0) is 14.8. The highest BCUT2D eigenvalue weighted by atomic mass is 16.4. The molecule has 1 amide bonds. The van der Waals surface area contributed by atoms with Crippen LogP contribution >= 0.6 is 0 Å². The number of carboxylic acids is 1. The van der Waals surface area contributed by atoms with E-state index in [9.17, 15) is 14.7 Å². The highest BCUT2D eigenvalue weighted by molar-refractivity contribution is 5.83. The SMILES string of the molecule is CCC1(C(=O)O)CCN(C(=O)C2C3C4CCC(C4)C23)CC1. The Balaban J connectivity index is 1.39. The summed E-state index contributed by atoms with van der Waals surface area (Å²) in [5, 5.41) is 9.44. The molecule has 1 N–H and O–H groups in total. The van der Waals surface area contributed by atoms with Gasteiger partial charge in [-0.25, -0.2) is 0 Å². The highest BCUT2D eigenvalue weighted by Crippen LogP contribution is 2.69. The minimum Gasteiger partial charge on any atom is -0.481 e. The lowest BCUT2D eigenvalue weighted by molar-refractivity contribution is -0.155. The maximum Gasteiger partial charge on any atom is 0.309 e. The molecule has 4 unspecified atom stereocenters. The Morgan fingerprint density at radius 3 is 2.19 bits per heavy atom. The average Bonchev–Trinajstić information content (AvgIpc) is 2.93. The van der Waals surface area contributed by atoms with Crippen molar-refractivity contribution in [3.05, 3.63) is 0 Å². The third kappa shape index (κ3) is 1.80. The summed E-state index contributed by atoms with van der Waals surface area (Å²) in [6.07, 6.45) is 5.97. The molecule has 0 radical (unpaired) electrons. The number of rotatable bonds is 3. The summed E-state index contributed by atoms with van der Waals surface area (Å²) in [6.45, 7) is 3.24. The fraction of sp³-hybridized carbons (Fsp3) is 0.882. The van der Waals surface area contributed by atoms with E-state index in [4.69, 9.17) is 0 Å². The first-order valence-corrected chi connectivity index (χ1v) is 8.59. The summed E-state index contributed by atoms with van der Waals surface area (Å²) < 4.78 is 0. The van der Waals surface area contributed by atoms with Gasteiger partial charge in [0, 0.05) is 19.0 Å². The van der Waals surface area contributed by atoms with Gasteiger partial charge in [-0.3, -0.25) is 9.59 Å². The van der Waals surface area contributed by atoms with Crippen molar-refractivity contribution in [3.8, 4) is 0 Å². The Bertz CT molecular complexity index is 464. The van der Waals surface area contributed by atoms with Gasteiger partial charge in [-0.1, -0.05) is 6.92 Å². The molecule has 1 saturated heterocycles. The minimum absolute atomic E-state index is 0.301. The second kappa shape index (κ2) is 4.47. The molecule has 0 aromatic carbocycles. The summed E-state index contributed by atoms with van der Waals surface area (Å²) in [5.41, 5.74) is -0.588. The molecule has 0 aromatic rings. The molecule has 3 aliphatic carbocycles. The van der Waals surface area contributed by atoms with Gasteiger partial charge in [0.25, 0.3) is 0 Å². The fourth-order valence-electron chi connectivity index (χ4n) is 5.74. The van der Waals surface area contributed by atoms with Crippen molar-refractivity contribution in [2.24, 2.45) is 35.0 Å². The molecule has 2 bridgehead atoms. The molecule has 21 heavy (non-hydrogen) atoms. The number of carbonyl (C=O) groups is 2. The maximum absolute atomic E-state index is 12.7. The Kier molecular flexibility index (Phi) is 2.89. The van der Waals surface area contributed by atoms with Crippen LogP contribution in [-0.4, -0.2) is 35.0 Å². The zero-order valence-corrected chi connectivity index (χ0v) is 12.8. The number of hydrogen-bond donors (Lipinski definition) is 1. The molecule has 4 rings (SSSR count). The zero-order valence-electron chi connectivity index (χ0n) is 12.8. The number of likely N-dealkylation sites (tertiary alicyclic amines) is 1. The van der Waals surface area contributed by atoms with Crippen LogP contribution < -0.4 is 0 Å². The second-order valence-corrected chi connectivity index (χ2v) is 7.78. The van der Waals surface area contributed by atoms with E-state index in [-0.39, 0.29) is 0 Å². The van der Waals surface area contributed by atoms with Crippen LogP contribution in [0.15, 0.2) is 0 Å². The Labute approximate surface area is 125 Å². The van der Waals surface area contributed by atoms with Crippen molar-refractivity contribution >= 4 is 11.9 Å². The molecule has 4 nitrogen and oxygen atoms in total. The first-order valence-electron chi connectivity index (χ1n) is 8.59. The molecule has 4 heteroatoms. The smallest absolute Gasteiger partial charge is 0.309 e. The number of carbonyl (C=O) groups excluding carboxylic acids is 1. The number of fused-ring (bicyclic) bond motifs is 5. The van der Waals surface area contributed by atoms with Crippen molar-refractivity contribution in [1.82, 2.24) is 4.90 Å². The van der Waals surface area contributed by atoms with Gasteiger partial charge in [0.05, 0.1) is 5.41 Å². The maximum atomic E-state index is 12.7. The highest BCUT2D eigenvalue weighted by Gasteiger charge is 2.68. The van der Waals surface area contributed by atoms with Crippen LogP contribution in [-0.2, 0) is 9.59 Å². The van der Waals surface area contributed by atoms with E-state index in [1.54, 1.807) is 0 Å². The van der Waals surface area contributed by atoms with Crippen molar-refractivity contribution in [2.75, 3.05) is 13.1 Å². The van der Waals surface area contributed by atoms with E-state index >= 15 is 0 Å². The molecule has 116 valence electrons. The van der Waals surface area contributed by atoms with Gasteiger partial charge in [0.2, 0.25) is 5.91 Å². The lowest BCUT2D eigenvalue weighted by atomic mass is 9.76. The summed E-state index contributed by atoms with van der Waals surface area (Å²) >= 11 is 0. The molecular weight excluding hydrogens is 266 g/mol. The van der Waals surface area contributed by atoms with Gasteiger partial charge in [-0.15, -0.1) is 0 Å². The van der Waals surface area contributed by atoms with Crippen molar-refractivity contribution < 1.29 is 14.7 Å². The van der Waals surface area contributed by atoms with Crippen LogP contribution in [0.2, 0.25) is 0 Å². The molecular formula is C17H25NO3. The van der Waals surface area contributed by atoms with E-state index in [0.717, 1.165) is 11.8 Å². The molecule has 3 saturated carbocycles. The monoisotopic (exact) mass is 291 g/mol. The molecule has 4 aliphatic rings. The summed E-state index contributed by atoms with van der Waals surface area (Å²) in [6, 6.07) is 0. The van der Waals surface area contributed by atoms with Crippen LogP contribution in [0.1, 0.15) is 45.4 Å². The Hall–Kier alpha value is -1.06. The average molecular weight is 291 g/mol. The van der Waals surface area contributed by atoms with E-state index in [1.165, 1.54) is 19.3 Å². The first-order chi connectivity index (χ1) is 10.1. The van der Waals surface area contributed by atoms with Gasteiger partial charge in [0.1, 0.15) is 0 Å². The molecule has 1 aliphatic heterocycles. The fourth-order valence-corrected chi connectivity index (χ4v) is 5.74. The Morgan fingerprint density at radius 1 is 1.14 bits per heavy atom. The van der Waals surface area contributed by atoms with Gasteiger partial charge in [-0.2, -0.15) is 0 Å². The van der Waals surface area contributed by atoms with Crippen molar-refractivity contribution in [1.29, 1.82) is 0 Å². The number of aliphatic carboxylic acids is 1. The van der Waals surface area contributed by atoms with Gasteiger partial charge < -0.3 is 10.0 Å². The predicted octanol–water partition coefficient (Wildman–Crippen LogP) is 2.38. The predicted molar refractivity (Wildman–Crippen MR) is 77.5 cm³/mol. The Morgan fingerprint density at radius 2 is 1.71 bits per heavy atom. The number of nitrogens with zero attached hydrogens (tertiary/aromatic N) is 1. The topological polar surface area (TPSA) is 57.6 Å².